The summed E-state index contributed by atoms with van der Waals surface area (Å²) >= 11 is 0. The predicted molar refractivity (Wildman–Crippen MR) is 56.8 cm³/mol. The van der Waals surface area contributed by atoms with Gasteiger partial charge in [-0.3, -0.25) is 4.98 Å². The van der Waals surface area contributed by atoms with Crippen molar-refractivity contribution in [3.63, 3.8) is 0 Å². The largest absolute Gasteiger partial charge is 0.474 e. The van der Waals surface area contributed by atoms with Gasteiger partial charge in [-0.15, -0.1) is 0 Å². The van der Waals surface area contributed by atoms with E-state index in [2.05, 4.69) is 15.3 Å². The molecule has 0 radical (unpaired) electrons. The number of nitrogens with zero attached hydrogens (tertiary/aromatic N) is 2. The Morgan fingerprint density at radius 2 is 2.13 bits per heavy atom. The third-order valence-corrected chi connectivity index (χ3v) is 1.72. The van der Waals surface area contributed by atoms with Crippen molar-refractivity contribution in [1.82, 2.24) is 15.3 Å². The van der Waals surface area contributed by atoms with E-state index in [1.165, 1.54) is 0 Å². The van der Waals surface area contributed by atoms with Gasteiger partial charge in [-0.05, 0) is 14.0 Å². The molecule has 0 aliphatic rings. The van der Waals surface area contributed by atoms with Crippen molar-refractivity contribution in [2.24, 2.45) is 0 Å². The van der Waals surface area contributed by atoms with Gasteiger partial charge < -0.3 is 14.8 Å². The van der Waals surface area contributed by atoms with E-state index in [0.29, 0.717) is 32.2 Å². The molecular formula is C10H17N3O2. The molecule has 5 heteroatoms. The molecule has 0 aromatic carbocycles. The van der Waals surface area contributed by atoms with Gasteiger partial charge in [-0.2, -0.15) is 0 Å². The highest BCUT2D eigenvalue weighted by atomic mass is 16.5. The zero-order chi connectivity index (χ0) is 10.9. The lowest BCUT2D eigenvalue weighted by molar-refractivity contribution is 0.108. The molecule has 1 N–H and O–H groups in total. The lowest BCUT2D eigenvalue weighted by Gasteiger charge is -2.05. The Bertz CT molecular complexity index is 264. The molecule has 15 heavy (non-hydrogen) atoms. The van der Waals surface area contributed by atoms with Gasteiger partial charge in [0.1, 0.15) is 6.61 Å². The van der Waals surface area contributed by atoms with Crippen LogP contribution >= 0.6 is 0 Å². The van der Waals surface area contributed by atoms with Crippen molar-refractivity contribution < 1.29 is 9.47 Å². The van der Waals surface area contributed by atoms with Crippen molar-refractivity contribution in [2.75, 3.05) is 26.9 Å². The smallest absolute Gasteiger partial charge is 0.232 e. The molecule has 0 aliphatic heterocycles. The summed E-state index contributed by atoms with van der Waals surface area (Å²) < 4.78 is 10.5. The number of hydrogen-bond acceptors (Lipinski definition) is 5. The highest BCUT2D eigenvalue weighted by molar-refractivity contribution is 5.06. The summed E-state index contributed by atoms with van der Waals surface area (Å²) in [4.78, 5) is 8.29. The first kappa shape index (κ1) is 11.9. The van der Waals surface area contributed by atoms with E-state index in [1.807, 2.05) is 14.0 Å². The van der Waals surface area contributed by atoms with Gasteiger partial charge in [-0.1, -0.05) is 0 Å². The molecule has 84 valence electrons. The van der Waals surface area contributed by atoms with Crippen LogP contribution in [0, 0.1) is 0 Å². The fraction of sp³-hybridized carbons (Fsp3) is 0.600. The molecular weight excluding hydrogens is 194 g/mol. The van der Waals surface area contributed by atoms with Crippen molar-refractivity contribution in [2.45, 2.75) is 13.5 Å². The van der Waals surface area contributed by atoms with Crippen molar-refractivity contribution in [3.05, 3.63) is 18.1 Å². The van der Waals surface area contributed by atoms with Crippen molar-refractivity contribution >= 4 is 0 Å². The Balaban J connectivity index is 2.29. The van der Waals surface area contributed by atoms with Crippen LogP contribution in [0.1, 0.15) is 12.6 Å². The van der Waals surface area contributed by atoms with Gasteiger partial charge >= 0.3 is 0 Å². The fourth-order valence-electron chi connectivity index (χ4n) is 1.04. The molecule has 1 aromatic rings. The second kappa shape index (κ2) is 7.14. The summed E-state index contributed by atoms with van der Waals surface area (Å²) in [6.07, 6.45) is 3.32. The second-order valence-corrected chi connectivity index (χ2v) is 2.92. The second-order valence-electron chi connectivity index (χ2n) is 2.92. The van der Waals surface area contributed by atoms with Crippen LogP contribution in [0.3, 0.4) is 0 Å². The van der Waals surface area contributed by atoms with Gasteiger partial charge in [0.15, 0.2) is 0 Å². The minimum absolute atomic E-state index is 0.508. The number of nitrogens with one attached hydrogen (secondary N) is 1. The molecule has 0 atom stereocenters. The van der Waals surface area contributed by atoms with Gasteiger partial charge in [0.05, 0.1) is 24.7 Å². The summed E-state index contributed by atoms with van der Waals surface area (Å²) in [6.45, 7) is 4.46. The minimum Gasteiger partial charge on any atom is -0.474 e. The molecule has 1 heterocycles. The Kier molecular flexibility index (Phi) is 5.65. The lowest BCUT2D eigenvalue weighted by atomic mass is 10.4. The monoisotopic (exact) mass is 211 g/mol. The average molecular weight is 211 g/mol. The summed E-state index contributed by atoms with van der Waals surface area (Å²) in [7, 11) is 1.87. The van der Waals surface area contributed by atoms with E-state index < -0.39 is 0 Å². The van der Waals surface area contributed by atoms with Crippen LogP contribution in [-0.4, -0.2) is 36.8 Å². The summed E-state index contributed by atoms with van der Waals surface area (Å²) in [5.41, 5.74) is 0.898. The molecule has 1 aromatic heterocycles. The Morgan fingerprint density at radius 3 is 2.73 bits per heavy atom. The number of hydrogen-bond donors (Lipinski definition) is 1. The molecule has 0 aliphatic carbocycles. The van der Waals surface area contributed by atoms with Crippen LogP contribution in [0.25, 0.3) is 0 Å². The van der Waals surface area contributed by atoms with Gasteiger partial charge in [0.2, 0.25) is 5.88 Å². The molecule has 0 saturated heterocycles. The van der Waals surface area contributed by atoms with Crippen molar-refractivity contribution in [3.8, 4) is 5.88 Å². The van der Waals surface area contributed by atoms with Gasteiger partial charge in [0.25, 0.3) is 0 Å². The normalized spacial score (nSPS) is 10.3. The first-order valence-corrected chi connectivity index (χ1v) is 5.03. The van der Waals surface area contributed by atoms with Gasteiger partial charge in [-0.25, -0.2) is 4.98 Å². The Labute approximate surface area is 89.8 Å². The number of aromatic nitrogens is 2. The van der Waals surface area contributed by atoms with Crippen LogP contribution < -0.4 is 10.1 Å². The van der Waals surface area contributed by atoms with Crippen LogP contribution in [0.4, 0.5) is 0 Å². The van der Waals surface area contributed by atoms with Crippen LogP contribution in [0.5, 0.6) is 5.88 Å². The molecule has 0 amide bonds. The number of rotatable bonds is 7. The third-order valence-electron chi connectivity index (χ3n) is 1.72. The number of ether oxygens (including phenoxy) is 2. The third kappa shape index (κ3) is 4.71. The lowest BCUT2D eigenvalue weighted by Crippen LogP contribution is -2.09. The first-order valence-electron chi connectivity index (χ1n) is 5.03. The van der Waals surface area contributed by atoms with E-state index in [1.54, 1.807) is 12.4 Å². The minimum atomic E-state index is 0.508. The Hall–Kier alpha value is -1.20. The van der Waals surface area contributed by atoms with E-state index in [-0.39, 0.29) is 0 Å². The molecule has 1 rings (SSSR count). The molecule has 0 unspecified atom stereocenters. The highest BCUT2D eigenvalue weighted by Crippen LogP contribution is 2.03. The Morgan fingerprint density at radius 1 is 1.27 bits per heavy atom. The summed E-state index contributed by atoms with van der Waals surface area (Å²) in [5.74, 6) is 0.537. The van der Waals surface area contributed by atoms with E-state index in [9.17, 15) is 0 Å². The SMILES string of the molecule is CCOCCOc1cnc(CNC)cn1. The zero-order valence-corrected chi connectivity index (χ0v) is 9.19. The molecule has 0 bridgehead atoms. The first-order chi connectivity index (χ1) is 7.36. The maximum atomic E-state index is 5.32. The zero-order valence-electron chi connectivity index (χ0n) is 9.19. The average Bonchev–Trinajstić information content (AvgIpc) is 2.27. The van der Waals surface area contributed by atoms with E-state index >= 15 is 0 Å². The molecule has 0 fully saturated rings. The van der Waals surface area contributed by atoms with Crippen LogP contribution in [-0.2, 0) is 11.3 Å². The molecule has 5 nitrogen and oxygen atoms in total. The van der Waals surface area contributed by atoms with Crippen LogP contribution in [0.2, 0.25) is 0 Å². The quantitative estimate of drug-likeness (QED) is 0.670. The maximum Gasteiger partial charge on any atom is 0.232 e. The van der Waals surface area contributed by atoms with Crippen LogP contribution in [0.15, 0.2) is 12.4 Å². The predicted octanol–water partition coefficient (Wildman–Crippen LogP) is 0.611. The fourth-order valence-corrected chi connectivity index (χ4v) is 1.04. The summed E-state index contributed by atoms with van der Waals surface area (Å²) in [5, 5.41) is 3.00. The van der Waals surface area contributed by atoms with Crippen molar-refractivity contribution in [1.29, 1.82) is 0 Å². The standard InChI is InChI=1S/C10H17N3O2/c1-3-14-4-5-15-10-8-12-9(6-11-2)7-13-10/h7-8,11H,3-6H2,1-2H3. The maximum absolute atomic E-state index is 5.32. The van der Waals surface area contributed by atoms with E-state index in [4.69, 9.17) is 9.47 Å². The highest BCUT2D eigenvalue weighted by Gasteiger charge is 1.97. The molecule has 0 spiro atoms. The van der Waals surface area contributed by atoms with Gasteiger partial charge in [0, 0.05) is 13.2 Å². The molecule has 0 saturated carbocycles. The van der Waals surface area contributed by atoms with E-state index in [0.717, 1.165) is 5.69 Å². The summed E-state index contributed by atoms with van der Waals surface area (Å²) in [6, 6.07) is 0. The topological polar surface area (TPSA) is 56.3 Å².